The SMILES string of the molecule is O=C(Nc1cn2nc(C(F)(F)c3nnc4ccc(-c5cc(F)cc(F)c5)cn34)ccc2n1)C1CC1. The second-order valence-electron chi connectivity index (χ2n) is 8.31. The Morgan fingerprint density at radius 2 is 1.69 bits per heavy atom. The van der Waals surface area contributed by atoms with Crippen molar-refractivity contribution in [2.75, 3.05) is 5.32 Å². The quantitative estimate of drug-likeness (QED) is 0.380. The van der Waals surface area contributed by atoms with Crippen LogP contribution in [-0.2, 0) is 10.7 Å². The molecule has 35 heavy (non-hydrogen) atoms. The van der Waals surface area contributed by atoms with Crippen LogP contribution in [0.4, 0.5) is 23.4 Å². The molecule has 8 nitrogen and oxygen atoms in total. The molecule has 4 aromatic heterocycles. The number of aromatic nitrogens is 6. The molecule has 0 unspecified atom stereocenters. The van der Waals surface area contributed by atoms with Crippen molar-refractivity contribution in [1.82, 2.24) is 29.2 Å². The smallest absolute Gasteiger partial charge is 0.309 e. The predicted octanol–water partition coefficient (Wildman–Crippen LogP) is 4.21. The van der Waals surface area contributed by atoms with Crippen LogP contribution in [0.3, 0.4) is 0 Å². The summed E-state index contributed by atoms with van der Waals surface area (Å²) in [5.41, 5.74) is 0.234. The number of nitrogens with zero attached hydrogens (tertiary/aromatic N) is 6. The van der Waals surface area contributed by atoms with E-state index in [0.717, 1.165) is 46.0 Å². The minimum atomic E-state index is -3.68. The summed E-state index contributed by atoms with van der Waals surface area (Å²) in [5.74, 6) is -5.97. The normalized spacial score (nSPS) is 14.1. The first kappa shape index (κ1) is 21.2. The number of amides is 1. The molecule has 0 saturated heterocycles. The van der Waals surface area contributed by atoms with Gasteiger partial charge in [0.05, 0.1) is 6.20 Å². The van der Waals surface area contributed by atoms with Crippen LogP contribution in [0.2, 0.25) is 0 Å². The van der Waals surface area contributed by atoms with Crippen LogP contribution in [-0.4, -0.2) is 35.1 Å². The van der Waals surface area contributed by atoms with E-state index in [4.69, 9.17) is 0 Å². The molecule has 1 fully saturated rings. The lowest BCUT2D eigenvalue weighted by atomic mass is 10.1. The molecular weight excluding hydrogens is 466 g/mol. The Hall–Kier alpha value is -4.35. The number of hydrogen-bond donors (Lipinski definition) is 1. The number of alkyl halides is 2. The van der Waals surface area contributed by atoms with Crippen LogP contribution < -0.4 is 5.32 Å². The minimum absolute atomic E-state index is 0.0392. The lowest BCUT2D eigenvalue weighted by molar-refractivity contribution is -0.117. The fourth-order valence-electron chi connectivity index (χ4n) is 3.79. The Balaban J connectivity index is 1.38. The van der Waals surface area contributed by atoms with Crippen molar-refractivity contribution in [3.63, 3.8) is 0 Å². The maximum Gasteiger partial charge on any atom is 0.350 e. The van der Waals surface area contributed by atoms with Crippen molar-refractivity contribution in [3.8, 4) is 11.1 Å². The van der Waals surface area contributed by atoms with Gasteiger partial charge in [-0.25, -0.2) is 18.3 Å². The highest BCUT2D eigenvalue weighted by molar-refractivity contribution is 5.93. The van der Waals surface area contributed by atoms with Gasteiger partial charge in [0, 0.05) is 18.2 Å². The van der Waals surface area contributed by atoms with Gasteiger partial charge in [0.1, 0.15) is 17.3 Å². The Morgan fingerprint density at radius 3 is 2.43 bits per heavy atom. The highest BCUT2D eigenvalue weighted by atomic mass is 19.3. The third-order valence-corrected chi connectivity index (χ3v) is 5.72. The van der Waals surface area contributed by atoms with Crippen LogP contribution in [0.1, 0.15) is 24.4 Å². The lowest BCUT2D eigenvalue weighted by Crippen LogP contribution is -2.22. The van der Waals surface area contributed by atoms with Crippen LogP contribution in [0.25, 0.3) is 22.4 Å². The molecule has 0 atom stereocenters. The van der Waals surface area contributed by atoms with E-state index in [-0.39, 0.29) is 34.5 Å². The highest BCUT2D eigenvalue weighted by Crippen LogP contribution is 2.35. The van der Waals surface area contributed by atoms with Gasteiger partial charge in [0.15, 0.2) is 17.1 Å². The molecule has 6 rings (SSSR count). The molecule has 12 heteroatoms. The summed E-state index contributed by atoms with van der Waals surface area (Å²) < 4.78 is 60.7. The van der Waals surface area contributed by atoms with E-state index in [9.17, 15) is 13.6 Å². The van der Waals surface area contributed by atoms with E-state index in [0.29, 0.717) is 5.56 Å². The number of imidazole rings is 1. The predicted molar refractivity (Wildman–Crippen MR) is 116 cm³/mol. The number of carbonyl (C=O) groups excluding carboxylic acids is 1. The molecule has 0 radical (unpaired) electrons. The number of rotatable bonds is 5. The molecule has 1 saturated carbocycles. The second kappa shape index (κ2) is 7.58. The van der Waals surface area contributed by atoms with Crippen LogP contribution >= 0.6 is 0 Å². The summed E-state index contributed by atoms with van der Waals surface area (Å²) in [7, 11) is 0. The van der Waals surface area contributed by atoms with Crippen molar-refractivity contribution < 1.29 is 22.4 Å². The molecule has 0 bridgehead atoms. The molecule has 1 aliphatic carbocycles. The first-order chi connectivity index (χ1) is 16.8. The highest BCUT2D eigenvalue weighted by Gasteiger charge is 2.41. The fraction of sp³-hybridized carbons (Fsp3) is 0.174. The van der Waals surface area contributed by atoms with Gasteiger partial charge in [0.25, 0.3) is 0 Å². The van der Waals surface area contributed by atoms with Crippen molar-refractivity contribution in [3.05, 3.63) is 78.0 Å². The molecule has 5 aromatic rings. The van der Waals surface area contributed by atoms with Crippen LogP contribution in [0.5, 0.6) is 0 Å². The van der Waals surface area contributed by atoms with Crippen molar-refractivity contribution in [1.29, 1.82) is 0 Å². The Kier molecular flexibility index (Phi) is 4.59. The number of anilines is 1. The summed E-state index contributed by atoms with van der Waals surface area (Å²) >= 11 is 0. The van der Waals surface area contributed by atoms with E-state index < -0.39 is 29.1 Å². The number of pyridine rings is 1. The van der Waals surface area contributed by atoms with Gasteiger partial charge in [-0.15, -0.1) is 10.2 Å². The first-order valence-electron chi connectivity index (χ1n) is 10.7. The summed E-state index contributed by atoms with van der Waals surface area (Å²) in [4.78, 5) is 16.2. The molecule has 1 aromatic carbocycles. The largest absolute Gasteiger partial charge is 0.350 e. The van der Waals surface area contributed by atoms with Crippen molar-refractivity contribution >= 4 is 23.0 Å². The molecular formula is C23H15F4N7O. The van der Waals surface area contributed by atoms with E-state index in [2.05, 4.69) is 25.6 Å². The zero-order valence-electron chi connectivity index (χ0n) is 17.8. The average Bonchev–Trinajstić information content (AvgIpc) is 3.45. The van der Waals surface area contributed by atoms with Crippen LogP contribution in [0.15, 0.2) is 54.9 Å². The number of carbonyl (C=O) groups is 1. The number of halogens is 4. The summed E-state index contributed by atoms with van der Waals surface area (Å²) in [6.45, 7) is 0. The van der Waals surface area contributed by atoms with Gasteiger partial charge in [-0.3, -0.25) is 9.20 Å². The standard InChI is InChI=1S/C23H15F4N7O/c24-15-7-14(8-16(25)9-15)13-3-5-20-30-31-22(33(20)10-13)23(26,27)17-4-6-19-28-18(11-34(19)32-17)29-21(35)12-1-2-12/h3-12H,1-2H2,(H,29,35). The van der Waals surface area contributed by atoms with Gasteiger partial charge in [0.2, 0.25) is 11.7 Å². The van der Waals surface area contributed by atoms with E-state index >= 15 is 8.78 Å². The van der Waals surface area contributed by atoms with Crippen molar-refractivity contribution in [2.45, 2.75) is 18.8 Å². The van der Waals surface area contributed by atoms with Gasteiger partial charge in [-0.1, -0.05) is 0 Å². The average molecular weight is 481 g/mol. The van der Waals surface area contributed by atoms with Gasteiger partial charge in [-0.05, 0) is 60.4 Å². The van der Waals surface area contributed by atoms with Gasteiger partial charge >= 0.3 is 5.92 Å². The molecule has 4 heterocycles. The molecule has 1 N–H and O–H groups in total. The Labute approximate surface area is 194 Å². The molecule has 1 aliphatic rings. The summed E-state index contributed by atoms with van der Waals surface area (Å²) in [5, 5.41) is 14.1. The number of hydrogen-bond acceptors (Lipinski definition) is 5. The number of nitrogens with one attached hydrogen (secondary N) is 1. The first-order valence-corrected chi connectivity index (χ1v) is 10.7. The lowest BCUT2D eigenvalue weighted by Gasteiger charge is -2.14. The van der Waals surface area contributed by atoms with Crippen LogP contribution in [0, 0.1) is 17.6 Å². The van der Waals surface area contributed by atoms with Gasteiger partial charge in [-0.2, -0.15) is 13.9 Å². The zero-order chi connectivity index (χ0) is 24.3. The fourth-order valence-corrected chi connectivity index (χ4v) is 3.79. The molecule has 0 aliphatic heterocycles. The molecule has 1 amide bonds. The van der Waals surface area contributed by atoms with E-state index in [1.165, 1.54) is 30.6 Å². The third-order valence-electron chi connectivity index (χ3n) is 5.72. The summed E-state index contributed by atoms with van der Waals surface area (Å²) in [6.07, 6.45) is 4.27. The number of benzene rings is 1. The number of fused-ring (bicyclic) bond motifs is 2. The maximum atomic E-state index is 15.6. The maximum absolute atomic E-state index is 15.6. The van der Waals surface area contributed by atoms with Gasteiger partial charge < -0.3 is 5.32 Å². The van der Waals surface area contributed by atoms with E-state index in [1.807, 2.05) is 0 Å². The molecule has 0 spiro atoms. The third kappa shape index (κ3) is 3.76. The molecule has 176 valence electrons. The Morgan fingerprint density at radius 1 is 0.943 bits per heavy atom. The zero-order valence-corrected chi connectivity index (χ0v) is 17.8. The second-order valence-corrected chi connectivity index (χ2v) is 8.31. The Bertz CT molecular complexity index is 1600. The van der Waals surface area contributed by atoms with E-state index in [1.54, 1.807) is 0 Å². The monoisotopic (exact) mass is 481 g/mol. The topological polar surface area (TPSA) is 89.5 Å². The van der Waals surface area contributed by atoms with Crippen molar-refractivity contribution in [2.24, 2.45) is 5.92 Å². The minimum Gasteiger partial charge on any atom is -0.309 e. The summed E-state index contributed by atoms with van der Waals surface area (Å²) in [6, 6.07) is 8.32.